The van der Waals surface area contributed by atoms with Gasteiger partial charge in [-0.15, -0.1) is 0 Å². The number of ether oxygens (including phenoxy) is 1. The molecule has 0 unspecified atom stereocenters. The Morgan fingerprint density at radius 1 is 1.33 bits per heavy atom. The number of alkyl halides is 3. The van der Waals surface area contributed by atoms with Crippen LogP contribution in [0.3, 0.4) is 0 Å². The van der Waals surface area contributed by atoms with Crippen LogP contribution >= 0.6 is 0 Å². The van der Waals surface area contributed by atoms with Crippen LogP contribution in [0.25, 0.3) is 11.0 Å². The van der Waals surface area contributed by atoms with Gasteiger partial charge in [0.2, 0.25) is 11.7 Å². The Kier molecular flexibility index (Phi) is 5.71. The highest BCUT2D eigenvalue weighted by atomic mass is 19.4. The molecule has 0 spiro atoms. The van der Waals surface area contributed by atoms with Crippen LogP contribution in [0.15, 0.2) is 24.3 Å². The SMILES string of the molecule is COCC1(CNC(=O)Cn2c(C(F)(F)F)nc3ccccc32)CCNCC1. The largest absolute Gasteiger partial charge is 0.449 e. The van der Waals surface area contributed by atoms with Gasteiger partial charge >= 0.3 is 6.18 Å². The fourth-order valence-corrected chi connectivity index (χ4v) is 3.57. The lowest BCUT2D eigenvalue weighted by Crippen LogP contribution is -2.47. The Balaban J connectivity index is 1.76. The molecule has 1 saturated heterocycles. The van der Waals surface area contributed by atoms with Crippen LogP contribution in [0.4, 0.5) is 13.2 Å². The molecule has 0 bridgehead atoms. The van der Waals surface area contributed by atoms with E-state index in [0.29, 0.717) is 13.2 Å². The summed E-state index contributed by atoms with van der Waals surface area (Å²) >= 11 is 0. The van der Waals surface area contributed by atoms with E-state index in [-0.39, 0.29) is 16.4 Å². The topological polar surface area (TPSA) is 68.2 Å². The molecule has 9 heteroatoms. The number of carbonyl (C=O) groups excluding carboxylic acids is 1. The molecule has 2 heterocycles. The molecule has 0 aliphatic carbocycles. The third-order valence-corrected chi connectivity index (χ3v) is 4.99. The molecule has 1 aromatic heterocycles. The number of benzene rings is 1. The highest BCUT2D eigenvalue weighted by Crippen LogP contribution is 2.31. The predicted octanol–water partition coefficient (Wildman–Crippen LogP) is 2.19. The van der Waals surface area contributed by atoms with Crippen LogP contribution in [0, 0.1) is 5.41 Å². The third kappa shape index (κ3) is 4.41. The number of hydrogen-bond donors (Lipinski definition) is 2. The quantitative estimate of drug-likeness (QED) is 0.801. The molecule has 0 atom stereocenters. The highest BCUT2D eigenvalue weighted by molar-refractivity contribution is 5.81. The highest BCUT2D eigenvalue weighted by Gasteiger charge is 2.38. The van der Waals surface area contributed by atoms with Crippen LogP contribution in [-0.2, 0) is 22.3 Å². The summed E-state index contributed by atoms with van der Waals surface area (Å²) in [6, 6.07) is 6.28. The number of halogens is 3. The average molecular weight is 384 g/mol. The van der Waals surface area contributed by atoms with Crippen molar-refractivity contribution in [3.63, 3.8) is 0 Å². The van der Waals surface area contributed by atoms with Crippen molar-refractivity contribution in [3.05, 3.63) is 30.1 Å². The van der Waals surface area contributed by atoms with Gasteiger partial charge in [-0.05, 0) is 38.1 Å². The van der Waals surface area contributed by atoms with Crippen LogP contribution in [0.5, 0.6) is 0 Å². The van der Waals surface area contributed by atoms with Gasteiger partial charge in [0.05, 0.1) is 17.6 Å². The number of hydrogen-bond acceptors (Lipinski definition) is 4. The second-order valence-electron chi connectivity index (χ2n) is 6.97. The minimum Gasteiger partial charge on any atom is -0.384 e. The van der Waals surface area contributed by atoms with Crippen molar-refractivity contribution in [2.45, 2.75) is 25.6 Å². The number of para-hydroxylation sites is 2. The Hall–Kier alpha value is -2.13. The summed E-state index contributed by atoms with van der Waals surface area (Å²) in [6.07, 6.45) is -2.96. The normalized spacial score (nSPS) is 17.2. The summed E-state index contributed by atoms with van der Waals surface area (Å²) in [5.41, 5.74) is 0.305. The van der Waals surface area contributed by atoms with Crippen LogP contribution in [0.1, 0.15) is 18.7 Å². The fourth-order valence-electron chi connectivity index (χ4n) is 3.57. The maximum Gasteiger partial charge on any atom is 0.449 e. The molecule has 27 heavy (non-hydrogen) atoms. The zero-order chi connectivity index (χ0) is 19.5. The number of piperidine rings is 1. The maximum atomic E-state index is 13.3. The van der Waals surface area contributed by atoms with E-state index in [4.69, 9.17) is 4.74 Å². The van der Waals surface area contributed by atoms with Gasteiger partial charge in [-0.25, -0.2) is 4.98 Å². The van der Waals surface area contributed by atoms with Gasteiger partial charge in [0.1, 0.15) is 6.54 Å². The van der Waals surface area contributed by atoms with Crippen molar-refractivity contribution in [1.82, 2.24) is 20.2 Å². The van der Waals surface area contributed by atoms with Gasteiger partial charge in [0.15, 0.2) is 0 Å². The summed E-state index contributed by atoms with van der Waals surface area (Å²) in [4.78, 5) is 16.1. The van der Waals surface area contributed by atoms with Crippen molar-refractivity contribution in [1.29, 1.82) is 0 Å². The van der Waals surface area contributed by atoms with Gasteiger partial charge in [-0.3, -0.25) is 4.79 Å². The molecule has 1 aliphatic heterocycles. The standard InChI is InChI=1S/C18H23F3N4O2/c1-27-12-17(6-8-22-9-7-17)11-23-15(26)10-25-14-5-3-2-4-13(14)24-16(25)18(19,20)21/h2-5,22H,6-12H2,1H3,(H,23,26). The minimum absolute atomic E-state index is 0.195. The first-order chi connectivity index (χ1) is 12.8. The molecule has 148 valence electrons. The van der Waals surface area contributed by atoms with Crippen LogP contribution < -0.4 is 10.6 Å². The predicted molar refractivity (Wildman–Crippen MR) is 94.2 cm³/mol. The zero-order valence-electron chi connectivity index (χ0n) is 15.1. The Morgan fingerprint density at radius 2 is 2.04 bits per heavy atom. The molecule has 1 aliphatic rings. The first kappa shape index (κ1) is 19.6. The lowest BCUT2D eigenvalue weighted by Gasteiger charge is -2.37. The molecule has 6 nitrogen and oxygen atoms in total. The molecule has 0 saturated carbocycles. The monoisotopic (exact) mass is 384 g/mol. The van der Waals surface area contributed by atoms with Gasteiger partial charge in [-0.2, -0.15) is 13.2 Å². The lowest BCUT2D eigenvalue weighted by molar-refractivity contribution is -0.147. The van der Waals surface area contributed by atoms with E-state index in [1.54, 1.807) is 19.2 Å². The van der Waals surface area contributed by atoms with Gasteiger partial charge in [0.25, 0.3) is 0 Å². The summed E-state index contributed by atoms with van der Waals surface area (Å²) in [5, 5.41) is 6.06. The molecular weight excluding hydrogens is 361 g/mol. The summed E-state index contributed by atoms with van der Waals surface area (Å²) in [6.45, 7) is 2.08. The van der Waals surface area contributed by atoms with E-state index in [9.17, 15) is 18.0 Å². The van der Waals surface area contributed by atoms with Crippen molar-refractivity contribution in [2.75, 3.05) is 33.4 Å². The number of nitrogens with one attached hydrogen (secondary N) is 2. The van der Waals surface area contributed by atoms with E-state index in [0.717, 1.165) is 30.5 Å². The number of imidazole rings is 1. The Labute approximate surface area is 155 Å². The minimum atomic E-state index is -4.63. The second-order valence-corrected chi connectivity index (χ2v) is 6.97. The molecule has 0 radical (unpaired) electrons. The Bertz CT molecular complexity index is 792. The molecular formula is C18H23F3N4O2. The van der Waals surface area contributed by atoms with E-state index < -0.39 is 24.5 Å². The van der Waals surface area contributed by atoms with Crippen molar-refractivity contribution in [3.8, 4) is 0 Å². The number of rotatable bonds is 6. The van der Waals surface area contributed by atoms with E-state index in [1.165, 1.54) is 12.1 Å². The number of nitrogens with zero attached hydrogens (tertiary/aromatic N) is 2. The van der Waals surface area contributed by atoms with Crippen molar-refractivity contribution < 1.29 is 22.7 Å². The van der Waals surface area contributed by atoms with E-state index >= 15 is 0 Å². The molecule has 3 rings (SSSR count). The number of carbonyl (C=O) groups is 1. The van der Waals surface area contributed by atoms with Gasteiger partial charge < -0.3 is 19.9 Å². The summed E-state index contributed by atoms with van der Waals surface area (Å²) in [5.74, 6) is -1.54. The number of amides is 1. The fraction of sp³-hybridized carbons (Fsp3) is 0.556. The zero-order valence-corrected chi connectivity index (χ0v) is 15.1. The second kappa shape index (κ2) is 7.85. The number of fused-ring (bicyclic) bond motifs is 1. The van der Waals surface area contributed by atoms with Crippen molar-refractivity contribution >= 4 is 16.9 Å². The lowest BCUT2D eigenvalue weighted by atomic mass is 9.79. The average Bonchev–Trinajstić information content (AvgIpc) is 3.00. The van der Waals surface area contributed by atoms with Crippen LogP contribution in [-0.4, -0.2) is 48.8 Å². The van der Waals surface area contributed by atoms with Crippen molar-refractivity contribution in [2.24, 2.45) is 5.41 Å². The van der Waals surface area contributed by atoms with E-state index in [2.05, 4.69) is 15.6 Å². The first-order valence-corrected chi connectivity index (χ1v) is 8.83. The number of methoxy groups -OCH3 is 1. The molecule has 1 fully saturated rings. The summed E-state index contributed by atoms with van der Waals surface area (Å²) in [7, 11) is 1.61. The summed E-state index contributed by atoms with van der Waals surface area (Å²) < 4.78 is 46.2. The molecule has 1 aromatic carbocycles. The Morgan fingerprint density at radius 3 is 2.70 bits per heavy atom. The molecule has 2 aromatic rings. The first-order valence-electron chi connectivity index (χ1n) is 8.83. The smallest absolute Gasteiger partial charge is 0.384 e. The van der Waals surface area contributed by atoms with Gasteiger partial charge in [-0.1, -0.05) is 12.1 Å². The molecule has 1 amide bonds. The van der Waals surface area contributed by atoms with Gasteiger partial charge in [0, 0.05) is 19.1 Å². The number of aromatic nitrogens is 2. The maximum absolute atomic E-state index is 13.3. The van der Waals surface area contributed by atoms with Crippen LogP contribution in [0.2, 0.25) is 0 Å². The third-order valence-electron chi connectivity index (χ3n) is 4.99. The molecule has 2 N–H and O–H groups in total. The van der Waals surface area contributed by atoms with E-state index in [1.807, 2.05) is 0 Å².